The molecule has 0 aliphatic heterocycles. The third-order valence-electron chi connectivity index (χ3n) is 2.26. The van der Waals surface area contributed by atoms with Gasteiger partial charge in [0.2, 0.25) is 5.91 Å². The van der Waals surface area contributed by atoms with Gasteiger partial charge in [0.1, 0.15) is 0 Å². The lowest BCUT2D eigenvalue weighted by atomic mass is 10.2. The van der Waals surface area contributed by atoms with Gasteiger partial charge in [-0.25, -0.2) is 4.39 Å². The maximum Gasteiger partial charge on any atom is 0.244 e. The number of hydrogen-bond donors (Lipinski definition) is 2. The topological polar surface area (TPSA) is 58.6 Å². The van der Waals surface area contributed by atoms with E-state index in [-0.39, 0.29) is 24.3 Å². The predicted octanol–water partition coefficient (Wildman–Crippen LogP) is 1.34. The molecular formula is C13H16FNO3. The first kappa shape index (κ1) is 14.2. The van der Waals surface area contributed by atoms with E-state index in [2.05, 4.69) is 5.32 Å². The van der Waals surface area contributed by atoms with Crippen molar-refractivity contribution >= 4 is 12.0 Å². The zero-order chi connectivity index (χ0) is 13.5. The number of ether oxygens (including phenoxy) is 1. The number of aliphatic hydroxyl groups excluding tert-OH is 1. The molecule has 0 bridgehead atoms. The highest BCUT2D eigenvalue weighted by Crippen LogP contribution is 2.18. The van der Waals surface area contributed by atoms with Crippen LogP contribution in [0.4, 0.5) is 4.39 Å². The second-order valence-electron chi connectivity index (χ2n) is 3.82. The van der Waals surface area contributed by atoms with Gasteiger partial charge in [0, 0.05) is 12.1 Å². The van der Waals surface area contributed by atoms with E-state index in [0.29, 0.717) is 5.56 Å². The molecular weight excluding hydrogens is 237 g/mol. The number of methoxy groups -OCH3 is 1. The first-order chi connectivity index (χ1) is 8.56. The van der Waals surface area contributed by atoms with E-state index in [4.69, 9.17) is 9.84 Å². The summed E-state index contributed by atoms with van der Waals surface area (Å²) in [4.78, 5) is 11.4. The summed E-state index contributed by atoms with van der Waals surface area (Å²) in [5, 5.41) is 11.3. The van der Waals surface area contributed by atoms with Gasteiger partial charge in [-0.15, -0.1) is 0 Å². The molecule has 0 aliphatic rings. The summed E-state index contributed by atoms with van der Waals surface area (Å²) in [6, 6.07) is 4.00. The van der Waals surface area contributed by atoms with Crippen LogP contribution in [0, 0.1) is 5.82 Å². The number of amides is 1. The highest BCUT2D eigenvalue weighted by atomic mass is 19.1. The summed E-state index contributed by atoms with van der Waals surface area (Å²) in [5.41, 5.74) is 0.653. The lowest BCUT2D eigenvalue weighted by Crippen LogP contribution is -2.33. The Balaban J connectivity index is 2.69. The minimum atomic E-state index is -0.451. The highest BCUT2D eigenvalue weighted by molar-refractivity contribution is 5.91. The van der Waals surface area contributed by atoms with E-state index >= 15 is 0 Å². The van der Waals surface area contributed by atoms with Gasteiger partial charge < -0.3 is 15.2 Å². The molecule has 0 saturated heterocycles. The van der Waals surface area contributed by atoms with E-state index in [9.17, 15) is 9.18 Å². The average Bonchev–Trinajstić information content (AvgIpc) is 2.37. The van der Waals surface area contributed by atoms with Gasteiger partial charge >= 0.3 is 0 Å². The molecule has 0 spiro atoms. The van der Waals surface area contributed by atoms with Crippen LogP contribution < -0.4 is 10.1 Å². The minimum absolute atomic E-state index is 0.121. The SMILES string of the molecule is COc1cc(C=CC(=O)NC(C)CO)ccc1F. The maximum absolute atomic E-state index is 13.1. The Bertz CT molecular complexity index is 446. The molecule has 0 fully saturated rings. The number of halogens is 1. The monoisotopic (exact) mass is 253 g/mol. The number of carbonyl (C=O) groups excluding carboxylic acids is 1. The summed E-state index contributed by atoms with van der Waals surface area (Å²) in [6.07, 6.45) is 2.86. The summed E-state index contributed by atoms with van der Waals surface area (Å²) < 4.78 is 18.0. The van der Waals surface area contributed by atoms with Crippen LogP contribution in [0.2, 0.25) is 0 Å². The van der Waals surface area contributed by atoms with Crippen molar-refractivity contribution in [1.82, 2.24) is 5.32 Å². The Morgan fingerprint density at radius 2 is 2.33 bits per heavy atom. The van der Waals surface area contributed by atoms with Crippen molar-refractivity contribution < 1.29 is 19.0 Å². The quantitative estimate of drug-likeness (QED) is 0.779. The standard InChI is InChI=1S/C13H16FNO3/c1-9(8-16)15-13(17)6-4-10-3-5-11(14)12(7-10)18-2/h3-7,9,16H,8H2,1-2H3,(H,15,17). The van der Waals surface area contributed by atoms with Gasteiger partial charge in [-0.2, -0.15) is 0 Å². The van der Waals surface area contributed by atoms with E-state index in [0.717, 1.165) is 0 Å². The third kappa shape index (κ3) is 4.18. The molecule has 1 atom stereocenters. The lowest BCUT2D eigenvalue weighted by Gasteiger charge is -2.07. The molecule has 18 heavy (non-hydrogen) atoms. The van der Waals surface area contributed by atoms with Gasteiger partial charge in [-0.05, 0) is 30.7 Å². The van der Waals surface area contributed by atoms with Gasteiger partial charge in [-0.3, -0.25) is 4.79 Å². The van der Waals surface area contributed by atoms with E-state index < -0.39 is 5.82 Å². The Morgan fingerprint density at radius 3 is 2.94 bits per heavy atom. The molecule has 1 aromatic carbocycles. The van der Waals surface area contributed by atoms with Crippen LogP contribution in [-0.2, 0) is 4.79 Å². The Labute approximate surface area is 105 Å². The van der Waals surface area contributed by atoms with Crippen molar-refractivity contribution in [3.8, 4) is 5.75 Å². The molecule has 0 saturated carbocycles. The number of hydrogen-bond acceptors (Lipinski definition) is 3. The first-order valence-corrected chi connectivity index (χ1v) is 5.49. The molecule has 98 valence electrons. The number of aliphatic hydroxyl groups is 1. The predicted molar refractivity (Wildman–Crippen MR) is 66.7 cm³/mol. The third-order valence-corrected chi connectivity index (χ3v) is 2.26. The van der Waals surface area contributed by atoms with Crippen LogP contribution in [0.25, 0.3) is 6.08 Å². The van der Waals surface area contributed by atoms with Crippen molar-refractivity contribution in [3.63, 3.8) is 0 Å². The van der Waals surface area contributed by atoms with Crippen LogP contribution >= 0.6 is 0 Å². The van der Waals surface area contributed by atoms with Crippen molar-refractivity contribution in [2.24, 2.45) is 0 Å². The Kier molecular flexibility index (Phi) is 5.32. The van der Waals surface area contributed by atoms with Crippen molar-refractivity contribution in [3.05, 3.63) is 35.7 Å². The van der Waals surface area contributed by atoms with Crippen LogP contribution in [-0.4, -0.2) is 30.8 Å². The molecule has 1 rings (SSSR count). The first-order valence-electron chi connectivity index (χ1n) is 5.49. The molecule has 0 aromatic heterocycles. The zero-order valence-corrected chi connectivity index (χ0v) is 10.3. The summed E-state index contributed by atoms with van der Waals surface area (Å²) in [6.45, 7) is 1.57. The minimum Gasteiger partial charge on any atom is -0.494 e. The van der Waals surface area contributed by atoms with E-state index in [1.54, 1.807) is 13.0 Å². The molecule has 1 amide bonds. The van der Waals surface area contributed by atoms with Gasteiger partial charge in [0.15, 0.2) is 11.6 Å². The molecule has 0 aliphatic carbocycles. The second-order valence-corrected chi connectivity index (χ2v) is 3.82. The zero-order valence-electron chi connectivity index (χ0n) is 10.3. The molecule has 1 unspecified atom stereocenters. The molecule has 2 N–H and O–H groups in total. The largest absolute Gasteiger partial charge is 0.494 e. The highest BCUT2D eigenvalue weighted by Gasteiger charge is 2.04. The van der Waals surface area contributed by atoms with E-state index in [1.165, 1.54) is 31.4 Å². The molecule has 4 nitrogen and oxygen atoms in total. The number of nitrogens with one attached hydrogen (secondary N) is 1. The smallest absolute Gasteiger partial charge is 0.244 e. The number of benzene rings is 1. The molecule has 1 aromatic rings. The van der Waals surface area contributed by atoms with Gasteiger partial charge in [-0.1, -0.05) is 6.07 Å². The van der Waals surface area contributed by atoms with Gasteiger partial charge in [0.05, 0.1) is 13.7 Å². The maximum atomic E-state index is 13.1. The molecule has 5 heteroatoms. The fourth-order valence-electron chi connectivity index (χ4n) is 1.29. The van der Waals surface area contributed by atoms with Crippen LogP contribution in [0.1, 0.15) is 12.5 Å². The van der Waals surface area contributed by atoms with Crippen molar-refractivity contribution in [2.75, 3.05) is 13.7 Å². The molecule has 0 heterocycles. The van der Waals surface area contributed by atoms with Gasteiger partial charge in [0.25, 0.3) is 0 Å². The van der Waals surface area contributed by atoms with E-state index in [1.807, 2.05) is 0 Å². The summed E-state index contributed by atoms with van der Waals surface area (Å²) >= 11 is 0. The van der Waals surface area contributed by atoms with Crippen molar-refractivity contribution in [1.29, 1.82) is 0 Å². The average molecular weight is 253 g/mol. The Morgan fingerprint density at radius 1 is 1.61 bits per heavy atom. The number of carbonyl (C=O) groups is 1. The normalized spacial score (nSPS) is 12.4. The van der Waals surface area contributed by atoms with Crippen LogP contribution in [0.15, 0.2) is 24.3 Å². The number of rotatable bonds is 5. The molecule has 0 radical (unpaired) electrons. The van der Waals surface area contributed by atoms with Crippen LogP contribution in [0.3, 0.4) is 0 Å². The summed E-state index contributed by atoms with van der Waals surface area (Å²) in [7, 11) is 1.38. The Hall–Kier alpha value is -1.88. The van der Waals surface area contributed by atoms with Crippen molar-refractivity contribution in [2.45, 2.75) is 13.0 Å². The van der Waals surface area contributed by atoms with Crippen LogP contribution in [0.5, 0.6) is 5.75 Å². The lowest BCUT2D eigenvalue weighted by molar-refractivity contribution is -0.117. The fraction of sp³-hybridized carbons (Fsp3) is 0.308. The second kappa shape index (κ2) is 6.76. The fourth-order valence-corrected chi connectivity index (χ4v) is 1.29. The summed E-state index contributed by atoms with van der Waals surface area (Å²) in [5.74, 6) is -0.644.